The van der Waals surface area contributed by atoms with Crippen LogP contribution in [0.25, 0.3) is 0 Å². The highest BCUT2D eigenvalue weighted by molar-refractivity contribution is 14.0. The monoisotopic (exact) mass is 469 g/mol. The molecule has 26 heavy (non-hydrogen) atoms. The van der Waals surface area contributed by atoms with Crippen molar-refractivity contribution in [1.82, 2.24) is 20.0 Å². The van der Waals surface area contributed by atoms with Gasteiger partial charge in [0.2, 0.25) is 0 Å². The molecule has 0 bridgehead atoms. The number of nitrogens with one attached hydrogen (secondary N) is 1. The van der Waals surface area contributed by atoms with Crippen LogP contribution in [0.4, 0.5) is 0 Å². The smallest absolute Gasteiger partial charge is 0.193 e. The lowest BCUT2D eigenvalue weighted by atomic mass is 10.1. The van der Waals surface area contributed by atoms with Gasteiger partial charge in [-0.3, -0.25) is 9.67 Å². The number of nitrogens with zero attached hydrogens (tertiary/aromatic N) is 4. The van der Waals surface area contributed by atoms with E-state index in [-0.39, 0.29) is 24.0 Å². The molecule has 1 aliphatic heterocycles. The molecule has 0 saturated carbocycles. The van der Waals surface area contributed by atoms with Gasteiger partial charge in [0.05, 0.1) is 13.2 Å². The maximum Gasteiger partial charge on any atom is 0.193 e. The van der Waals surface area contributed by atoms with E-state index in [9.17, 15) is 0 Å². The van der Waals surface area contributed by atoms with E-state index in [2.05, 4.69) is 44.6 Å². The Morgan fingerprint density at radius 3 is 2.81 bits per heavy atom. The quantitative estimate of drug-likeness (QED) is 0.402. The first-order valence-corrected chi connectivity index (χ1v) is 8.79. The van der Waals surface area contributed by atoms with Crippen LogP contribution in [-0.2, 0) is 17.8 Å². The van der Waals surface area contributed by atoms with Gasteiger partial charge in [0.1, 0.15) is 0 Å². The molecular formula is C19H28IN5O. The number of hydrogen-bond donors (Lipinski definition) is 1. The van der Waals surface area contributed by atoms with E-state index < -0.39 is 0 Å². The van der Waals surface area contributed by atoms with E-state index in [0.29, 0.717) is 5.92 Å². The zero-order chi connectivity index (χ0) is 17.5. The summed E-state index contributed by atoms with van der Waals surface area (Å²) in [5.41, 5.74) is 2.54. The standard InChI is InChI=1S/C19H27N5O.HI/c1-20-19(23-11-8-16(13-23)15-25-2)21-12-17-6-3-4-7-18(17)14-24-10-5-9-22-24;/h3-7,9-10,16H,8,11-15H2,1-2H3,(H,20,21);1H. The lowest BCUT2D eigenvalue weighted by Gasteiger charge is -2.22. The summed E-state index contributed by atoms with van der Waals surface area (Å²) < 4.78 is 7.24. The van der Waals surface area contributed by atoms with Gasteiger partial charge in [0.25, 0.3) is 0 Å². The Bertz CT molecular complexity index is 689. The fourth-order valence-electron chi connectivity index (χ4n) is 3.36. The summed E-state index contributed by atoms with van der Waals surface area (Å²) in [6.07, 6.45) is 4.96. The van der Waals surface area contributed by atoms with Crippen LogP contribution in [0.5, 0.6) is 0 Å². The van der Waals surface area contributed by atoms with Gasteiger partial charge < -0.3 is 15.0 Å². The summed E-state index contributed by atoms with van der Waals surface area (Å²) in [7, 11) is 3.62. The molecule has 0 aliphatic carbocycles. The van der Waals surface area contributed by atoms with E-state index in [1.54, 1.807) is 7.11 Å². The number of methoxy groups -OCH3 is 1. The molecule has 2 aromatic rings. The summed E-state index contributed by atoms with van der Waals surface area (Å²) in [6.45, 7) is 4.39. The highest BCUT2D eigenvalue weighted by atomic mass is 127. The number of rotatable bonds is 6. The van der Waals surface area contributed by atoms with Gasteiger partial charge in [-0.1, -0.05) is 24.3 Å². The van der Waals surface area contributed by atoms with Gasteiger partial charge in [-0.2, -0.15) is 5.10 Å². The van der Waals surface area contributed by atoms with Crippen LogP contribution in [0.1, 0.15) is 17.5 Å². The predicted octanol–water partition coefficient (Wildman–Crippen LogP) is 2.59. The Hall–Kier alpha value is -1.61. The zero-order valence-corrected chi connectivity index (χ0v) is 17.8. The van der Waals surface area contributed by atoms with Crippen LogP contribution in [0.2, 0.25) is 0 Å². The highest BCUT2D eigenvalue weighted by Crippen LogP contribution is 2.17. The minimum Gasteiger partial charge on any atom is -0.384 e. The number of halogens is 1. The van der Waals surface area contributed by atoms with Crippen molar-refractivity contribution >= 4 is 29.9 Å². The van der Waals surface area contributed by atoms with Gasteiger partial charge in [0, 0.05) is 52.1 Å². The molecule has 1 aromatic carbocycles. The molecule has 1 fully saturated rings. The average Bonchev–Trinajstić information content (AvgIpc) is 3.30. The number of aromatic nitrogens is 2. The molecule has 1 aliphatic rings. The van der Waals surface area contributed by atoms with E-state index >= 15 is 0 Å². The minimum atomic E-state index is 0. The third-order valence-corrected chi connectivity index (χ3v) is 4.65. The van der Waals surface area contributed by atoms with E-state index in [0.717, 1.165) is 45.2 Å². The minimum absolute atomic E-state index is 0. The van der Waals surface area contributed by atoms with Crippen molar-refractivity contribution in [2.45, 2.75) is 19.5 Å². The maximum atomic E-state index is 5.29. The van der Waals surface area contributed by atoms with Crippen molar-refractivity contribution < 1.29 is 4.74 Å². The normalized spacial score (nSPS) is 17.2. The number of aliphatic imine (C=N–C) groups is 1. The average molecular weight is 469 g/mol. The molecular weight excluding hydrogens is 441 g/mol. The zero-order valence-electron chi connectivity index (χ0n) is 15.5. The van der Waals surface area contributed by atoms with Crippen LogP contribution >= 0.6 is 24.0 Å². The molecule has 1 unspecified atom stereocenters. The number of benzene rings is 1. The van der Waals surface area contributed by atoms with Gasteiger partial charge in [0.15, 0.2) is 5.96 Å². The molecule has 1 saturated heterocycles. The fraction of sp³-hybridized carbons (Fsp3) is 0.474. The summed E-state index contributed by atoms with van der Waals surface area (Å²) in [4.78, 5) is 6.78. The third kappa shape index (κ3) is 5.44. The summed E-state index contributed by atoms with van der Waals surface area (Å²) in [5, 5.41) is 7.82. The molecule has 0 amide bonds. The van der Waals surface area contributed by atoms with Crippen molar-refractivity contribution in [3.63, 3.8) is 0 Å². The van der Waals surface area contributed by atoms with Crippen molar-refractivity contribution in [3.05, 3.63) is 53.9 Å². The first kappa shape index (κ1) is 20.7. The van der Waals surface area contributed by atoms with Crippen LogP contribution in [0.3, 0.4) is 0 Å². The van der Waals surface area contributed by atoms with Gasteiger partial charge in [-0.15, -0.1) is 24.0 Å². The van der Waals surface area contributed by atoms with Gasteiger partial charge in [-0.25, -0.2) is 0 Å². The van der Waals surface area contributed by atoms with Crippen LogP contribution in [-0.4, -0.2) is 54.5 Å². The van der Waals surface area contributed by atoms with Gasteiger partial charge >= 0.3 is 0 Å². The summed E-state index contributed by atoms with van der Waals surface area (Å²) >= 11 is 0. The van der Waals surface area contributed by atoms with Gasteiger partial charge in [-0.05, 0) is 23.6 Å². The molecule has 3 rings (SSSR count). The lowest BCUT2D eigenvalue weighted by Crippen LogP contribution is -2.40. The van der Waals surface area contributed by atoms with E-state index in [4.69, 9.17) is 4.74 Å². The first-order valence-electron chi connectivity index (χ1n) is 8.79. The largest absolute Gasteiger partial charge is 0.384 e. The molecule has 1 atom stereocenters. The van der Waals surface area contributed by atoms with Crippen LogP contribution in [0.15, 0.2) is 47.7 Å². The topological polar surface area (TPSA) is 54.7 Å². The lowest BCUT2D eigenvalue weighted by molar-refractivity contribution is 0.157. The second kappa shape index (κ2) is 10.5. The Balaban J connectivity index is 0.00000243. The molecule has 7 heteroatoms. The number of ether oxygens (including phenoxy) is 1. The van der Waals surface area contributed by atoms with Crippen molar-refractivity contribution in [2.24, 2.45) is 10.9 Å². The summed E-state index contributed by atoms with van der Waals surface area (Å²) in [6, 6.07) is 10.4. The van der Waals surface area contributed by atoms with Crippen molar-refractivity contribution in [3.8, 4) is 0 Å². The predicted molar refractivity (Wildman–Crippen MR) is 115 cm³/mol. The third-order valence-electron chi connectivity index (χ3n) is 4.65. The molecule has 0 radical (unpaired) electrons. The molecule has 1 N–H and O–H groups in total. The molecule has 142 valence electrons. The van der Waals surface area contributed by atoms with Crippen LogP contribution in [0, 0.1) is 5.92 Å². The van der Waals surface area contributed by atoms with E-state index in [1.165, 1.54) is 11.1 Å². The Labute approximate surface area is 172 Å². The van der Waals surface area contributed by atoms with Crippen molar-refractivity contribution in [1.29, 1.82) is 0 Å². The number of likely N-dealkylation sites (tertiary alicyclic amines) is 1. The molecule has 6 nitrogen and oxygen atoms in total. The number of guanidine groups is 1. The molecule has 1 aromatic heterocycles. The SMILES string of the molecule is CN=C(NCc1ccccc1Cn1cccn1)N1CCC(COC)C1.I. The van der Waals surface area contributed by atoms with Crippen LogP contribution < -0.4 is 5.32 Å². The molecule has 2 heterocycles. The summed E-state index contributed by atoms with van der Waals surface area (Å²) in [5.74, 6) is 1.56. The first-order chi connectivity index (χ1) is 12.3. The Morgan fingerprint density at radius 2 is 2.12 bits per heavy atom. The molecule has 0 spiro atoms. The Morgan fingerprint density at radius 1 is 1.31 bits per heavy atom. The second-order valence-electron chi connectivity index (χ2n) is 6.43. The number of hydrogen-bond acceptors (Lipinski definition) is 3. The Kier molecular flexibility index (Phi) is 8.37. The fourth-order valence-corrected chi connectivity index (χ4v) is 3.36. The highest BCUT2D eigenvalue weighted by Gasteiger charge is 2.24. The van der Waals surface area contributed by atoms with Crippen molar-refractivity contribution in [2.75, 3.05) is 33.9 Å². The van der Waals surface area contributed by atoms with E-state index in [1.807, 2.05) is 30.2 Å². The maximum absolute atomic E-state index is 5.29. The second-order valence-corrected chi connectivity index (χ2v) is 6.43.